The number of carbonyl (C=O) groups is 1. The number of hydrogen-bond acceptors (Lipinski definition) is 6. The van der Waals surface area contributed by atoms with Gasteiger partial charge in [0.25, 0.3) is 0 Å². The highest BCUT2D eigenvalue weighted by Gasteiger charge is 2.20. The number of nitrogens with one attached hydrogen (secondary N) is 1. The van der Waals surface area contributed by atoms with E-state index in [-0.39, 0.29) is 11.9 Å². The molecule has 1 aromatic rings. The Hall–Kier alpha value is -2.43. The number of anilines is 1. The molecule has 0 spiro atoms. The normalized spacial score (nSPS) is 19.3. The molecular formula is C11H14N6O2. The topological polar surface area (TPSA) is 115 Å². The predicted octanol–water partition coefficient (Wildman–Crippen LogP) is 0.688. The molecule has 0 radical (unpaired) electrons. The highest BCUT2D eigenvalue weighted by atomic mass is 16.4. The van der Waals surface area contributed by atoms with E-state index in [9.17, 15) is 4.79 Å². The highest BCUT2D eigenvalue weighted by Crippen LogP contribution is 2.14. The van der Waals surface area contributed by atoms with Gasteiger partial charge in [-0.15, -0.1) is 0 Å². The Morgan fingerprint density at radius 1 is 1.47 bits per heavy atom. The van der Waals surface area contributed by atoms with Crippen molar-refractivity contribution in [2.24, 2.45) is 0 Å². The number of nitriles is 1. The van der Waals surface area contributed by atoms with Crippen LogP contribution in [0.1, 0.15) is 25.1 Å². The summed E-state index contributed by atoms with van der Waals surface area (Å²) in [6.45, 7) is 1.04. The minimum absolute atomic E-state index is 0.0679. The number of hydrogen-bond donors (Lipinski definition) is 2. The van der Waals surface area contributed by atoms with Gasteiger partial charge in [-0.2, -0.15) is 10.2 Å². The molecule has 1 amide bonds. The molecule has 0 saturated carbocycles. The number of nitrogens with zero attached hydrogens (tertiary/aromatic N) is 5. The van der Waals surface area contributed by atoms with E-state index in [1.165, 1.54) is 11.2 Å². The van der Waals surface area contributed by atoms with E-state index in [0.29, 0.717) is 25.5 Å². The van der Waals surface area contributed by atoms with Gasteiger partial charge in [0.1, 0.15) is 12.4 Å². The molecule has 1 saturated heterocycles. The molecule has 0 aromatic carbocycles. The maximum atomic E-state index is 10.9. The molecule has 0 aliphatic carbocycles. The van der Waals surface area contributed by atoms with Crippen molar-refractivity contribution in [3.63, 3.8) is 0 Å². The molecular weight excluding hydrogens is 248 g/mol. The molecule has 2 heterocycles. The second kappa shape index (κ2) is 5.95. The molecule has 1 aliphatic heterocycles. The van der Waals surface area contributed by atoms with Crippen LogP contribution in [0.4, 0.5) is 10.7 Å². The van der Waals surface area contributed by atoms with Crippen molar-refractivity contribution in [3.05, 3.63) is 12.2 Å². The second-order valence-corrected chi connectivity index (χ2v) is 4.29. The average molecular weight is 262 g/mol. The van der Waals surface area contributed by atoms with Crippen LogP contribution >= 0.6 is 0 Å². The van der Waals surface area contributed by atoms with Crippen LogP contribution in [0.5, 0.6) is 0 Å². The third-order valence-electron chi connectivity index (χ3n) is 3.00. The zero-order valence-corrected chi connectivity index (χ0v) is 10.3. The van der Waals surface area contributed by atoms with E-state index < -0.39 is 6.09 Å². The number of rotatable bonds is 2. The van der Waals surface area contributed by atoms with E-state index in [2.05, 4.69) is 20.3 Å². The fourth-order valence-corrected chi connectivity index (χ4v) is 2.03. The van der Waals surface area contributed by atoms with Gasteiger partial charge in [0.2, 0.25) is 11.8 Å². The first kappa shape index (κ1) is 13.0. The SMILES string of the molecule is N#Cc1ncnc(NC2CCCN(C(=O)O)CC2)n1. The van der Waals surface area contributed by atoms with E-state index in [1.54, 1.807) is 0 Å². The molecule has 1 aromatic heterocycles. The molecule has 1 unspecified atom stereocenters. The van der Waals surface area contributed by atoms with Crippen LogP contribution in [-0.4, -0.2) is 50.2 Å². The molecule has 2 N–H and O–H groups in total. The van der Waals surface area contributed by atoms with Crippen LogP contribution in [0.25, 0.3) is 0 Å². The number of carboxylic acid groups (broad SMARTS) is 1. The third kappa shape index (κ3) is 3.51. The highest BCUT2D eigenvalue weighted by molar-refractivity contribution is 5.64. The van der Waals surface area contributed by atoms with Gasteiger partial charge in [-0.25, -0.2) is 14.8 Å². The van der Waals surface area contributed by atoms with E-state index in [1.807, 2.05) is 6.07 Å². The molecule has 0 bridgehead atoms. The Bertz CT molecular complexity index is 500. The molecule has 100 valence electrons. The summed E-state index contributed by atoms with van der Waals surface area (Å²) < 4.78 is 0. The summed E-state index contributed by atoms with van der Waals surface area (Å²) in [5, 5.41) is 20.8. The summed E-state index contributed by atoms with van der Waals surface area (Å²) in [5.74, 6) is 0.429. The van der Waals surface area contributed by atoms with Gasteiger partial charge in [0.05, 0.1) is 0 Å². The second-order valence-electron chi connectivity index (χ2n) is 4.29. The Morgan fingerprint density at radius 3 is 3.05 bits per heavy atom. The summed E-state index contributed by atoms with van der Waals surface area (Å²) in [7, 11) is 0. The van der Waals surface area contributed by atoms with Crippen molar-refractivity contribution >= 4 is 12.0 Å². The predicted molar refractivity (Wildman–Crippen MR) is 65.4 cm³/mol. The molecule has 1 aliphatic rings. The largest absolute Gasteiger partial charge is 0.465 e. The van der Waals surface area contributed by atoms with Crippen LogP contribution in [0.15, 0.2) is 6.33 Å². The number of aromatic nitrogens is 3. The maximum absolute atomic E-state index is 10.9. The van der Waals surface area contributed by atoms with Crippen LogP contribution in [-0.2, 0) is 0 Å². The van der Waals surface area contributed by atoms with Crippen LogP contribution < -0.4 is 5.32 Å². The van der Waals surface area contributed by atoms with Crippen molar-refractivity contribution in [2.45, 2.75) is 25.3 Å². The molecule has 1 fully saturated rings. The van der Waals surface area contributed by atoms with Gasteiger partial charge >= 0.3 is 6.09 Å². The minimum atomic E-state index is -0.882. The lowest BCUT2D eigenvalue weighted by molar-refractivity contribution is 0.147. The quantitative estimate of drug-likeness (QED) is 0.805. The van der Waals surface area contributed by atoms with Gasteiger partial charge in [-0.05, 0) is 19.3 Å². The summed E-state index contributed by atoms with van der Waals surface area (Å²) in [6, 6.07) is 1.96. The smallest absolute Gasteiger partial charge is 0.407 e. The minimum Gasteiger partial charge on any atom is -0.465 e. The summed E-state index contributed by atoms with van der Waals surface area (Å²) in [4.78, 5) is 23.9. The van der Waals surface area contributed by atoms with Crippen molar-refractivity contribution < 1.29 is 9.90 Å². The van der Waals surface area contributed by atoms with E-state index in [0.717, 1.165) is 12.8 Å². The van der Waals surface area contributed by atoms with Crippen molar-refractivity contribution in [2.75, 3.05) is 18.4 Å². The van der Waals surface area contributed by atoms with Gasteiger partial charge in [0, 0.05) is 19.1 Å². The Kier molecular flexibility index (Phi) is 4.07. The Morgan fingerprint density at radius 2 is 2.32 bits per heavy atom. The average Bonchev–Trinajstić information content (AvgIpc) is 2.65. The van der Waals surface area contributed by atoms with Crippen LogP contribution in [0, 0.1) is 11.3 Å². The lowest BCUT2D eigenvalue weighted by Gasteiger charge is -2.17. The molecule has 2 rings (SSSR count). The zero-order valence-electron chi connectivity index (χ0n) is 10.3. The van der Waals surface area contributed by atoms with E-state index in [4.69, 9.17) is 10.4 Å². The fraction of sp³-hybridized carbons (Fsp3) is 0.545. The van der Waals surface area contributed by atoms with Crippen molar-refractivity contribution in [3.8, 4) is 6.07 Å². The molecule has 8 nitrogen and oxygen atoms in total. The van der Waals surface area contributed by atoms with Gasteiger partial charge in [-0.3, -0.25) is 0 Å². The number of likely N-dealkylation sites (tertiary alicyclic amines) is 1. The van der Waals surface area contributed by atoms with Crippen molar-refractivity contribution in [1.29, 1.82) is 5.26 Å². The van der Waals surface area contributed by atoms with Crippen LogP contribution in [0.3, 0.4) is 0 Å². The number of amides is 1. The van der Waals surface area contributed by atoms with Gasteiger partial charge < -0.3 is 15.3 Å². The lowest BCUT2D eigenvalue weighted by Crippen LogP contribution is -2.31. The monoisotopic (exact) mass is 262 g/mol. The summed E-state index contributed by atoms with van der Waals surface area (Å²) in [6.07, 6.45) is 2.73. The lowest BCUT2D eigenvalue weighted by atomic mass is 10.1. The molecule has 19 heavy (non-hydrogen) atoms. The third-order valence-corrected chi connectivity index (χ3v) is 3.00. The first-order chi connectivity index (χ1) is 9.19. The Balaban J connectivity index is 1.96. The Labute approximate surface area is 110 Å². The first-order valence-electron chi connectivity index (χ1n) is 6.02. The molecule has 1 atom stereocenters. The standard InChI is InChI=1S/C11H14N6O2/c12-6-9-13-7-14-10(16-9)15-8-2-1-4-17(5-3-8)11(18)19/h7-8H,1-5H2,(H,18,19)(H,13,14,15,16). The zero-order chi connectivity index (χ0) is 13.7. The van der Waals surface area contributed by atoms with Gasteiger partial charge in [0.15, 0.2) is 0 Å². The summed E-state index contributed by atoms with van der Waals surface area (Å²) >= 11 is 0. The fourth-order valence-electron chi connectivity index (χ4n) is 2.03. The maximum Gasteiger partial charge on any atom is 0.407 e. The summed E-state index contributed by atoms with van der Waals surface area (Å²) in [5.41, 5.74) is 0. The molecule has 8 heteroatoms. The van der Waals surface area contributed by atoms with E-state index >= 15 is 0 Å². The van der Waals surface area contributed by atoms with Crippen molar-refractivity contribution in [1.82, 2.24) is 19.9 Å². The van der Waals surface area contributed by atoms with Crippen LogP contribution in [0.2, 0.25) is 0 Å². The first-order valence-corrected chi connectivity index (χ1v) is 6.02. The van der Waals surface area contributed by atoms with Gasteiger partial charge in [-0.1, -0.05) is 0 Å².